The first kappa shape index (κ1) is 45.3. The van der Waals surface area contributed by atoms with Gasteiger partial charge in [-0.05, 0) is 84.7 Å². The van der Waals surface area contributed by atoms with Gasteiger partial charge in [0.05, 0.1) is 13.2 Å². The van der Waals surface area contributed by atoms with Crippen molar-refractivity contribution < 1.29 is 23.8 Å². The quantitative estimate of drug-likeness (QED) is 0.0209. The standard InChI is InChI=1S/C50H70O5/c1-3-5-7-9-11-13-14-15-16-17-18-20-22-24-42-54-47-35-27-44(28-36-47)30-40-50(52)55-48-37-31-45(32-38-48)49(51)39-29-43-25-33-46(34-26-43)53-41-23-21-19-12-10-8-6-4-2/h25-40H,3-24,41-42H2,1-2H3/b39-29+,40-30+. The highest BCUT2D eigenvalue weighted by Crippen LogP contribution is 2.19. The first-order valence-electron chi connectivity index (χ1n) is 21.8. The molecule has 0 radical (unpaired) electrons. The molecule has 3 aromatic carbocycles. The topological polar surface area (TPSA) is 61.8 Å². The first-order valence-corrected chi connectivity index (χ1v) is 21.8. The normalized spacial score (nSPS) is 11.4. The molecule has 300 valence electrons. The third kappa shape index (κ3) is 22.1. The van der Waals surface area contributed by atoms with Gasteiger partial charge in [-0.3, -0.25) is 4.79 Å². The first-order chi connectivity index (χ1) is 27.1. The van der Waals surface area contributed by atoms with Crippen LogP contribution in [0, 0.1) is 0 Å². The van der Waals surface area contributed by atoms with E-state index in [-0.39, 0.29) is 5.78 Å². The number of esters is 1. The number of benzene rings is 3. The SMILES string of the molecule is CCCCCCCCCCCCCCCCOc1ccc(/C=C/C(=O)Oc2ccc(C(=O)/C=C/c3ccc(OCCCCCCCCCC)cc3)cc2)cc1. The molecule has 0 amide bonds. The monoisotopic (exact) mass is 751 g/mol. The molecule has 0 bridgehead atoms. The Kier molecular flexibility index (Phi) is 24.8. The number of hydrogen-bond acceptors (Lipinski definition) is 5. The fourth-order valence-corrected chi connectivity index (χ4v) is 6.53. The van der Waals surface area contributed by atoms with Gasteiger partial charge in [-0.25, -0.2) is 4.79 Å². The Bertz CT molecular complexity index is 1470. The predicted molar refractivity (Wildman–Crippen MR) is 231 cm³/mol. The van der Waals surface area contributed by atoms with Gasteiger partial charge in [-0.1, -0.05) is 173 Å². The molecule has 0 unspecified atom stereocenters. The zero-order valence-electron chi connectivity index (χ0n) is 34.2. The van der Waals surface area contributed by atoms with Gasteiger partial charge in [0, 0.05) is 11.6 Å². The summed E-state index contributed by atoms with van der Waals surface area (Å²) in [6, 6.07) is 22.1. The average Bonchev–Trinajstić information content (AvgIpc) is 3.21. The number of allylic oxidation sites excluding steroid dienone is 1. The van der Waals surface area contributed by atoms with Gasteiger partial charge in [0.2, 0.25) is 0 Å². The van der Waals surface area contributed by atoms with Crippen molar-refractivity contribution in [3.63, 3.8) is 0 Å². The summed E-state index contributed by atoms with van der Waals surface area (Å²) in [6.07, 6.45) is 35.5. The lowest BCUT2D eigenvalue weighted by molar-refractivity contribution is -0.128. The lowest BCUT2D eigenvalue weighted by Gasteiger charge is -2.07. The lowest BCUT2D eigenvalue weighted by atomic mass is 10.0. The van der Waals surface area contributed by atoms with Crippen molar-refractivity contribution in [1.82, 2.24) is 0 Å². The molecular formula is C50H70O5. The zero-order valence-corrected chi connectivity index (χ0v) is 34.2. The molecule has 3 rings (SSSR count). The van der Waals surface area contributed by atoms with E-state index in [2.05, 4.69) is 13.8 Å². The van der Waals surface area contributed by atoms with E-state index in [1.807, 2.05) is 48.5 Å². The van der Waals surface area contributed by atoms with Crippen LogP contribution in [0.25, 0.3) is 12.2 Å². The molecule has 55 heavy (non-hydrogen) atoms. The second kappa shape index (κ2) is 30.1. The minimum absolute atomic E-state index is 0.125. The van der Waals surface area contributed by atoms with Gasteiger partial charge in [-0.15, -0.1) is 0 Å². The second-order valence-corrected chi connectivity index (χ2v) is 14.9. The average molecular weight is 751 g/mol. The van der Waals surface area contributed by atoms with Crippen LogP contribution in [0.3, 0.4) is 0 Å². The molecule has 0 N–H and O–H groups in total. The smallest absolute Gasteiger partial charge is 0.336 e. The Hall–Kier alpha value is -4.12. The summed E-state index contributed by atoms with van der Waals surface area (Å²) >= 11 is 0. The number of rotatable bonds is 32. The van der Waals surface area contributed by atoms with Crippen molar-refractivity contribution in [2.45, 2.75) is 155 Å². The Balaban J connectivity index is 1.24. The van der Waals surface area contributed by atoms with Crippen LogP contribution in [0.4, 0.5) is 0 Å². The third-order valence-corrected chi connectivity index (χ3v) is 9.99. The van der Waals surface area contributed by atoms with Gasteiger partial charge < -0.3 is 14.2 Å². The molecule has 3 aromatic rings. The van der Waals surface area contributed by atoms with Crippen LogP contribution in [-0.2, 0) is 4.79 Å². The number of ketones is 1. The Morgan fingerprint density at radius 3 is 1.16 bits per heavy atom. The summed E-state index contributed by atoms with van der Waals surface area (Å²) in [5.41, 5.74) is 2.32. The molecule has 0 saturated heterocycles. The van der Waals surface area contributed by atoms with Crippen LogP contribution in [0.15, 0.2) is 84.9 Å². The van der Waals surface area contributed by atoms with Crippen LogP contribution in [0.1, 0.15) is 177 Å². The molecule has 0 aliphatic heterocycles. The van der Waals surface area contributed by atoms with Crippen molar-refractivity contribution in [1.29, 1.82) is 0 Å². The molecule has 0 fully saturated rings. The number of carbonyl (C=O) groups excluding carboxylic acids is 2. The fraction of sp³-hybridized carbons (Fsp3) is 0.520. The highest BCUT2D eigenvalue weighted by atomic mass is 16.5. The van der Waals surface area contributed by atoms with Gasteiger partial charge in [0.25, 0.3) is 0 Å². The Morgan fingerprint density at radius 1 is 0.418 bits per heavy atom. The van der Waals surface area contributed by atoms with E-state index in [9.17, 15) is 9.59 Å². The molecule has 0 heterocycles. The van der Waals surface area contributed by atoms with Gasteiger partial charge in [0.15, 0.2) is 5.78 Å². The van der Waals surface area contributed by atoms with E-state index in [1.165, 1.54) is 134 Å². The van der Waals surface area contributed by atoms with Crippen LogP contribution in [-0.4, -0.2) is 25.0 Å². The van der Waals surface area contributed by atoms with Gasteiger partial charge in [-0.2, -0.15) is 0 Å². The van der Waals surface area contributed by atoms with E-state index < -0.39 is 5.97 Å². The summed E-state index contributed by atoms with van der Waals surface area (Å²) in [5.74, 6) is 1.46. The number of ether oxygens (including phenoxy) is 3. The maximum atomic E-state index is 12.7. The fourth-order valence-electron chi connectivity index (χ4n) is 6.53. The molecule has 0 saturated carbocycles. The molecular weight excluding hydrogens is 681 g/mol. The van der Waals surface area contributed by atoms with E-state index in [4.69, 9.17) is 14.2 Å². The van der Waals surface area contributed by atoms with Crippen molar-refractivity contribution in [3.8, 4) is 17.2 Å². The van der Waals surface area contributed by atoms with Crippen LogP contribution in [0.2, 0.25) is 0 Å². The highest BCUT2D eigenvalue weighted by molar-refractivity contribution is 6.06. The van der Waals surface area contributed by atoms with Crippen LogP contribution >= 0.6 is 0 Å². The van der Waals surface area contributed by atoms with Crippen LogP contribution < -0.4 is 14.2 Å². The summed E-state index contributed by atoms with van der Waals surface area (Å²) in [7, 11) is 0. The largest absolute Gasteiger partial charge is 0.494 e. The Morgan fingerprint density at radius 2 is 0.764 bits per heavy atom. The highest BCUT2D eigenvalue weighted by Gasteiger charge is 2.06. The molecule has 0 aromatic heterocycles. The maximum absolute atomic E-state index is 12.7. The van der Waals surface area contributed by atoms with Crippen molar-refractivity contribution in [3.05, 3.63) is 102 Å². The summed E-state index contributed by atoms with van der Waals surface area (Å²) in [6.45, 7) is 5.98. The molecule has 0 aliphatic carbocycles. The van der Waals surface area contributed by atoms with E-state index in [1.54, 1.807) is 42.5 Å². The maximum Gasteiger partial charge on any atom is 0.336 e. The number of carbonyl (C=O) groups is 2. The van der Waals surface area contributed by atoms with E-state index >= 15 is 0 Å². The van der Waals surface area contributed by atoms with Crippen molar-refractivity contribution in [2.75, 3.05) is 13.2 Å². The summed E-state index contributed by atoms with van der Waals surface area (Å²) in [5, 5.41) is 0. The zero-order chi connectivity index (χ0) is 39.0. The Labute approximate surface area is 334 Å². The van der Waals surface area contributed by atoms with Gasteiger partial charge >= 0.3 is 5.97 Å². The minimum atomic E-state index is -0.484. The minimum Gasteiger partial charge on any atom is -0.494 e. The van der Waals surface area contributed by atoms with Crippen LogP contribution in [0.5, 0.6) is 17.2 Å². The van der Waals surface area contributed by atoms with E-state index in [0.29, 0.717) is 11.3 Å². The predicted octanol–water partition coefficient (Wildman–Crippen LogP) is 14.6. The third-order valence-electron chi connectivity index (χ3n) is 9.99. The molecule has 0 atom stereocenters. The lowest BCUT2D eigenvalue weighted by Crippen LogP contribution is -2.04. The summed E-state index contributed by atoms with van der Waals surface area (Å²) < 4.78 is 17.3. The van der Waals surface area contributed by atoms with E-state index in [0.717, 1.165) is 48.7 Å². The number of hydrogen-bond donors (Lipinski definition) is 0. The molecule has 5 nitrogen and oxygen atoms in total. The summed E-state index contributed by atoms with van der Waals surface area (Å²) in [4.78, 5) is 25.2. The van der Waals surface area contributed by atoms with Gasteiger partial charge in [0.1, 0.15) is 17.2 Å². The molecule has 0 spiro atoms. The second-order valence-electron chi connectivity index (χ2n) is 14.9. The number of unbranched alkanes of at least 4 members (excludes halogenated alkanes) is 20. The van der Waals surface area contributed by atoms with Crippen molar-refractivity contribution in [2.24, 2.45) is 0 Å². The molecule has 5 heteroatoms. The van der Waals surface area contributed by atoms with Crippen molar-refractivity contribution >= 4 is 23.9 Å². The molecule has 0 aliphatic rings.